The molecule has 2 aliphatic rings. The number of carbonyl (C=O) groups excluding carboxylic acids is 2. The average Bonchev–Trinajstić information content (AvgIpc) is 3.38. The molecule has 0 saturated carbocycles. The molecule has 0 N–H and O–H groups in total. The summed E-state index contributed by atoms with van der Waals surface area (Å²) in [6.07, 6.45) is 1.82. The molecule has 0 radical (unpaired) electrons. The van der Waals surface area contributed by atoms with Crippen molar-refractivity contribution in [1.29, 1.82) is 0 Å². The summed E-state index contributed by atoms with van der Waals surface area (Å²) < 4.78 is 60.3. The summed E-state index contributed by atoms with van der Waals surface area (Å²) >= 11 is 0. The van der Waals surface area contributed by atoms with Crippen LogP contribution in [0.4, 0.5) is 4.39 Å². The fourth-order valence-corrected chi connectivity index (χ4v) is 5.88. The number of nitrogens with zero attached hydrogens (tertiary/aromatic N) is 1. The molecule has 2 saturated heterocycles. The van der Waals surface area contributed by atoms with Gasteiger partial charge in [-0.05, 0) is 58.6 Å². The van der Waals surface area contributed by atoms with E-state index in [0.29, 0.717) is 32.3 Å². The Hall–Kier alpha value is -2.04. The van der Waals surface area contributed by atoms with Crippen LogP contribution in [-0.2, 0) is 29.1 Å². The number of ether oxygens (including phenoxy) is 3. The Bertz CT molecular complexity index is 989. The smallest absolute Gasteiger partial charge is 0.324 e. The lowest BCUT2D eigenvalue weighted by Gasteiger charge is -2.28. The number of benzene rings is 1. The van der Waals surface area contributed by atoms with Crippen molar-refractivity contribution in [1.82, 2.24) is 4.31 Å². The summed E-state index contributed by atoms with van der Waals surface area (Å²) in [6.45, 7) is 7.30. The zero-order valence-electron chi connectivity index (χ0n) is 19.5. The third-order valence-corrected chi connectivity index (χ3v) is 7.72. The van der Waals surface area contributed by atoms with Crippen LogP contribution in [0, 0.1) is 18.7 Å². The molecule has 8 nitrogen and oxygen atoms in total. The number of hydrogen-bond donors (Lipinski definition) is 0. The first-order valence-electron chi connectivity index (χ1n) is 11.2. The van der Waals surface area contributed by atoms with Crippen LogP contribution in [0.5, 0.6) is 5.75 Å². The molecule has 0 aliphatic carbocycles. The van der Waals surface area contributed by atoms with Gasteiger partial charge in [-0.3, -0.25) is 4.79 Å². The molecule has 1 aromatic rings. The first-order chi connectivity index (χ1) is 15.5. The lowest BCUT2D eigenvalue weighted by molar-refractivity contribution is -0.158. The molecule has 1 aromatic carbocycles. The second-order valence-electron chi connectivity index (χ2n) is 9.53. The van der Waals surface area contributed by atoms with Crippen LogP contribution in [0.3, 0.4) is 0 Å². The minimum absolute atomic E-state index is 0.121. The van der Waals surface area contributed by atoms with E-state index in [1.807, 2.05) is 0 Å². The maximum absolute atomic E-state index is 15.2. The second kappa shape index (κ2) is 10.1. The molecule has 10 heteroatoms. The molecule has 0 aromatic heterocycles. The average molecular weight is 486 g/mol. The van der Waals surface area contributed by atoms with E-state index < -0.39 is 39.6 Å². The van der Waals surface area contributed by atoms with E-state index in [1.165, 1.54) is 19.1 Å². The molecule has 2 aliphatic heterocycles. The molecule has 0 spiro atoms. The number of sulfonamides is 1. The maximum atomic E-state index is 15.2. The fourth-order valence-electron chi connectivity index (χ4n) is 4.12. The number of aldehydes is 1. The van der Waals surface area contributed by atoms with Crippen LogP contribution in [0.25, 0.3) is 0 Å². The Morgan fingerprint density at radius 3 is 2.70 bits per heavy atom. The Morgan fingerprint density at radius 2 is 2.03 bits per heavy atom. The number of aryl methyl sites for hydroxylation is 1. The van der Waals surface area contributed by atoms with Gasteiger partial charge in [0.25, 0.3) is 0 Å². The molecule has 2 heterocycles. The second-order valence-corrected chi connectivity index (χ2v) is 11.4. The zero-order valence-corrected chi connectivity index (χ0v) is 20.3. The van der Waals surface area contributed by atoms with Gasteiger partial charge in [0.2, 0.25) is 10.0 Å². The number of esters is 1. The summed E-state index contributed by atoms with van der Waals surface area (Å²) in [5.74, 6) is -1.94. The van der Waals surface area contributed by atoms with Gasteiger partial charge in [-0.2, -0.15) is 4.31 Å². The molecule has 33 heavy (non-hydrogen) atoms. The van der Waals surface area contributed by atoms with Crippen molar-refractivity contribution >= 4 is 22.3 Å². The minimum atomic E-state index is -4.26. The molecular formula is C23H32FNO7S. The molecule has 3 atom stereocenters. The Balaban J connectivity index is 1.94. The van der Waals surface area contributed by atoms with Crippen LogP contribution >= 0.6 is 0 Å². The van der Waals surface area contributed by atoms with Crippen molar-refractivity contribution in [3.05, 3.63) is 23.5 Å². The van der Waals surface area contributed by atoms with Crippen LogP contribution in [-0.4, -0.2) is 62.5 Å². The molecular weight excluding hydrogens is 453 g/mol. The van der Waals surface area contributed by atoms with E-state index in [9.17, 15) is 18.0 Å². The molecule has 3 rings (SSSR count). The Labute approximate surface area is 194 Å². The highest BCUT2D eigenvalue weighted by molar-refractivity contribution is 7.89. The SMILES string of the molecule is Cc1ccc(S(=O)(=O)N2CCC[C@H]2C(=O)OC(C)(C)C)c(O[C@H]2COC[C@H]2CCC=O)c1F. The first-order valence-corrected chi connectivity index (χ1v) is 12.6. The summed E-state index contributed by atoms with van der Waals surface area (Å²) in [4.78, 5) is 23.1. The van der Waals surface area contributed by atoms with Crippen molar-refractivity contribution in [2.24, 2.45) is 5.92 Å². The topological polar surface area (TPSA) is 99.2 Å². The lowest BCUT2D eigenvalue weighted by Crippen LogP contribution is -2.43. The van der Waals surface area contributed by atoms with E-state index in [-0.39, 0.29) is 35.3 Å². The van der Waals surface area contributed by atoms with E-state index in [1.54, 1.807) is 20.8 Å². The summed E-state index contributed by atoms with van der Waals surface area (Å²) in [5.41, 5.74) is -0.532. The van der Waals surface area contributed by atoms with Crippen LogP contribution in [0.15, 0.2) is 17.0 Å². The third kappa shape index (κ3) is 5.73. The van der Waals surface area contributed by atoms with Crippen molar-refractivity contribution in [2.75, 3.05) is 19.8 Å². The number of halogens is 1. The number of hydrogen-bond acceptors (Lipinski definition) is 7. The summed E-state index contributed by atoms with van der Waals surface area (Å²) in [7, 11) is -4.26. The van der Waals surface area contributed by atoms with Gasteiger partial charge >= 0.3 is 5.97 Å². The third-order valence-electron chi connectivity index (χ3n) is 5.79. The highest BCUT2D eigenvalue weighted by Crippen LogP contribution is 2.37. The lowest BCUT2D eigenvalue weighted by atomic mass is 10.0. The van der Waals surface area contributed by atoms with Gasteiger partial charge in [-0.1, -0.05) is 6.07 Å². The molecule has 0 amide bonds. The fraction of sp³-hybridized carbons (Fsp3) is 0.652. The normalized spacial score (nSPS) is 24.1. The van der Waals surface area contributed by atoms with Gasteiger partial charge in [-0.25, -0.2) is 12.8 Å². The molecule has 0 unspecified atom stereocenters. The number of rotatable bonds is 8. The molecule has 2 fully saturated rings. The maximum Gasteiger partial charge on any atom is 0.324 e. The van der Waals surface area contributed by atoms with E-state index in [2.05, 4.69) is 0 Å². The Kier molecular flexibility index (Phi) is 7.80. The predicted molar refractivity (Wildman–Crippen MR) is 118 cm³/mol. The van der Waals surface area contributed by atoms with Crippen molar-refractivity contribution < 1.29 is 36.6 Å². The van der Waals surface area contributed by atoms with Gasteiger partial charge in [0.1, 0.15) is 28.9 Å². The van der Waals surface area contributed by atoms with Crippen molar-refractivity contribution in [3.63, 3.8) is 0 Å². The molecule has 0 bridgehead atoms. The van der Waals surface area contributed by atoms with Crippen LogP contribution in [0.2, 0.25) is 0 Å². The van der Waals surface area contributed by atoms with E-state index >= 15 is 4.39 Å². The van der Waals surface area contributed by atoms with Gasteiger partial charge in [0.05, 0.1) is 13.2 Å². The van der Waals surface area contributed by atoms with E-state index in [0.717, 1.165) is 10.6 Å². The zero-order chi connectivity index (χ0) is 24.4. The summed E-state index contributed by atoms with van der Waals surface area (Å²) in [5, 5.41) is 0. The van der Waals surface area contributed by atoms with Crippen LogP contribution < -0.4 is 4.74 Å². The Morgan fingerprint density at radius 1 is 1.30 bits per heavy atom. The monoisotopic (exact) mass is 485 g/mol. The van der Waals surface area contributed by atoms with Gasteiger partial charge < -0.3 is 19.0 Å². The summed E-state index contributed by atoms with van der Waals surface area (Å²) in [6, 6.07) is 1.70. The van der Waals surface area contributed by atoms with Crippen LogP contribution in [0.1, 0.15) is 52.0 Å². The van der Waals surface area contributed by atoms with Gasteiger partial charge in [-0.15, -0.1) is 0 Å². The van der Waals surface area contributed by atoms with E-state index in [4.69, 9.17) is 14.2 Å². The quantitative estimate of drug-likeness (QED) is 0.412. The largest absolute Gasteiger partial charge is 0.483 e. The highest BCUT2D eigenvalue weighted by Gasteiger charge is 2.43. The van der Waals surface area contributed by atoms with Gasteiger partial charge in [0.15, 0.2) is 11.6 Å². The first kappa shape index (κ1) is 25.6. The van der Waals surface area contributed by atoms with Gasteiger partial charge in [0, 0.05) is 18.9 Å². The standard InChI is InChI=1S/C23H32FNO7S/c1-15-9-10-19(21(20(15)24)31-18-14-30-13-16(18)7-6-12-26)33(28,29)25-11-5-8-17(25)22(27)32-23(2,3)4/h9-10,12,16-18H,5-8,11,13-14H2,1-4H3/t16-,17+,18+/m1/s1. The van der Waals surface area contributed by atoms with Crippen molar-refractivity contribution in [3.8, 4) is 5.75 Å². The van der Waals surface area contributed by atoms with Crippen molar-refractivity contribution in [2.45, 2.75) is 76.0 Å². The minimum Gasteiger partial charge on any atom is -0.483 e. The number of carbonyl (C=O) groups is 2. The highest BCUT2D eigenvalue weighted by atomic mass is 32.2. The molecule has 184 valence electrons. The predicted octanol–water partition coefficient (Wildman–Crippen LogP) is 3.00.